The van der Waals surface area contributed by atoms with E-state index in [9.17, 15) is 0 Å². The minimum Gasteiger partial charge on any atom is -0.361 e. The zero-order valence-corrected chi connectivity index (χ0v) is 7.53. The molecule has 0 amide bonds. The summed E-state index contributed by atoms with van der Waals surface area (Å²) in [5, 5.41) is 1.28. The van der Waals surface area contributed by atoms with Gasteiger partial charge in [-0.05, 0) is 17.5 Å². The van der Waals surface area contributed by atoms with Crippen molar-refractivity contribution < 1.29 is 0 Å². The van der Waals surface area contributed by atoms with E-state index in [1.165, 1.54) is 10.9 Å². The number of para-hydroxylation sites is 1. The van der Waals surface area contributed by atoms with Gasteiger partial charge in [0, 0.05) is 18.3 Å². The monoisotopic (exact) mass is 174 g/mol. The molecule has 0 saturated heterocycles. The van der Waals surface area contributed by atoms with E-state index in [0.717, 1.165) is 0 Å². The van der Waals surface area contributed by atoms with Crippen LogP contribution in [0.3, 0.4) is 0 Å². The predicted octanol–water partition coefficient (Wildman–Crippen LogP) is 2.30. The lowest BCUT2D eigenvalue weighted by Gasteiger charge is -1.83. The molecule has 68 valence electrons. The molecule has 0 aliphatic rings. The van der Waals surface area contributed by atoms with Crippen molar-refractivity contribution in [3.05, 3.63) is 49.2 Å². The number of nitrogens with one attached hydrogen (secondary N) is 1. The Morgan fingerprint density at radius 2 is 2.00 bits per heavy atom. The molecule has 0 fully saturated rings. The van der Waals surface area contributed by atoms with Gasteiger partial charge in [0.1, 0.15) is 0 Å². The van der Waals surface area contributed by atoms with E-state index in [1.54, 1.807) is 6.08 Å². The molecule has 2 nitrogen and oxygen atoms in total. The third-order valence-electron chi connectivity index (χ3n) is 1.63. The summed E-state index contributed by atoms with van der Waals surface area (Å²) in [5.74, 6) is 0. The smallest absolute Gasteiger partial charge is 0.0453 e. The first-order valence-electron chi connectivity index (χ1n) is 4.21. The average molecular weight is 174 g/mol. The molecule has 0 saturated carbocycles. The number of aromatic nitrogens is 1. The Labute approximate surface area is 78.1 Å². The fraction of sp³-hybridized carbons (Fsp3) is 0.0909. The Hall–Kier alpha value is -1.54. The average Bonchev–Trinajstić information content (AvgIpc) is 2.66. The molecule has 1 aromatic heterocycles. The normalized spacial score (nSPS) is 9.00. The van der Waals surface area contributed by atoms with Crippen molar-refractivity contribution in [3.63, 3.8) is 0 Å². The van der Waals surface area contributed by atoms with Crippen LogP contribution in [-0.4, -0.2) is 11.5 Å². The van der Waals surface area contributed by atoms with E-state index in [1.807, 2.05) is 18.3 Å². The van der Waals surface area contributed by atoms with Crippen molar-refractivity contribution in [1.82, 2.24) is 4.98 Å². The molecule has 0 spiro atoms. The van der Waals surface area contributed by atoms with Gasteiger partial charge in [-0.2, -0.15) is 0 Å². The Morgan fingerprint density at radius 3 is 2.62 bits per heavy atom. The second-order valence-electron chi connectivity index (χ2n) is 2.59. The molecular weight excluding hydrogens is 160 g/mol. The highest BCUT2D eigenvalue weighted by atomic mass is 14.7. The maximum absolute atomic E-state index is 4.91. The molecule has 2 rings (SSSR count). The van der Waals surface area contributed by atoms with Crippen molar-refractivity contribution >= 4 is 10.9 Å². The summed E-state index contributed by atoms with van der Waals surface area (Å²) in [4.78, 5) is 3.12. The number of fused-ring (bicyclic) bond motifs is 1. The number of nitrogens with two attached hydrogens (primary N) is 1. The summed E-state index contributed by atoms with van der Waals surface area (Å²) in [5.41, 5.74) is 6.12. The first-order chi connectivity index (χ1) is 6.38. The van der Waals surface area contributed by atoms with Crippen LogP contribution < -0.4 is 5.73 Å². The van der Waals surface area contributed by atoms with Gasteiger partial charge in [-0.25, -0.2) is 0 Å². The number of benzene rings is 1. The fourth-order valence-electron chi connectivity index (χ4n) is 0.995. The maximum atomic E-state index is 4.91. The second-order valence-corrected chi connectivity index (χ2v) is 2.59. The lowest BCUT2D eigenvalue weighted by atomic mass is 10.3. The third-order valence-corrected chi connectivity index (χ3v) is 1.63. The standard InChI is InChI=1S/C8H7N.C3H7N/c1-2-4-8-7(3-1)5-6-9-8;1-2-3-4/h1-6,9H;2H,1,3-4H2. The first kappa shape index (κ1) is 9.55. The van der Waals surface area contributed by atoms with Gasteiger partial charge in [-0.1, -0.05) is 24.3 Å². The molecule has 1 aromatic carbocycles. The van der Waals surface area contributed by atoms with Crippen LogP contribution in [0.5, 0.6) is 0 Å². The van der Waals surface area contributed by atoms with Crippen LogP contribution in [0.2, 0.25) is 0 Å². The zero-order valence-electron chi connectivity index (χ0n) is 7.53. The highest BCUT2D eigenvalue weighted by molar-refractivity contribution is 5.78. The molecule has 2 aromatic rings. The lowest BCUT2D eigenvalue weighted by Crippen LogP contribution is -1.90. The summed E-state index contributed by atoms with van der Waals surface area (Å²) >= 11 is 0. The van der Waals surface area contributed by atoms with Gasteiger partial charge in [0.25, 0.3) is 0 Å². The van der Waals surface area contributed by atoms with Crippen molar-refractivity contribution in [3.8, 4) is 0 Å². The molecule has 1 heterocycles. The summed E-state index contributed by atoms with van der Waals surface area (Å²) in [6.07, 6.45) is 3.60. The summed E-state index contributed by atoms with van der Waals surface area (Å²) in [6, 6.07) is 10.3. The maximum Gasteiger partial charge on any atom is 0.0453 e. The van der Waals surface area contributed by atoms with Crippen LogP contribution in [0.1, 0.15) is 0 Å². The van der Waals surface area contributed by atoms with Gasteiger partial charge >= 0.3 is 0 Å². The largest absolute Gasteiger partial charge is 0.361 e. The molecule has 0 bridgehead atoms. The van der Waals surface area contributed by atoms with Crippen LogP contribution in [-0.2, 0) is 0 Å². The molecular formula is C11H14N2. The van der Waals surface area contributed by atoms with E-state index in [-0.39, 0.29) is 0 Å². The van der Waals surface area contributed by atoms with Crippen LogP contribution >= 0.6 is 0 Å². The predicted molar refractivity (Wildman–Crippen MR) is 57.6 cm³/mol. The van der Waals surface area contributed by atoms with Gasteiger partial charge in [-0.3, -0.25) is 0 Å². The van der Waals surface area contributed by atoms with Crippen molar-refractivity contribution in [2.75, 3.05) is 6.54 Å². The SMILES string of the molecule is C=CCN.c1ccc2[nH]ccc2c1. The van der Waals surface area contributed by atoms with Gasteiger partial charge in [0.2, 0.25) is 0 Å². The molecule has 13 heavy (non-hydrogen) atoms. The highest BCUT2D eigenvalue weighted by Gasteiger charge is 1.86. The van der Waals surface area contributed by atoms with Crippen LogP contribution in [0.15, 0.2) is 49.2 Å². The third kappa shape index (κ3) is 2.76. The minimum atomic E-state index is 0.583. The van der Waals surface area contributed by atoms with Crippen LogP contribution in [0, 0.1) is 0 Å². The van der Waals surface area contributed by atoms with Crippen molar-refractivity contribution in [2.24, 2.45) is 5.73 Å². The molecule has 0 atom stereocenters. The summed E-state index contributed by atoms with van der Waals surface area (Å²) < 4.78 is 0. The number of hydrogen-bond donors (Lipinski definition) is 2. The van der Waals surface area contributed by atoms with Crippen LogP contribution in [0.25, 0.3) is 10.9 Å². The van der Waals surface area contributed by atoms with Crippen molar-refractivity contribution in [2.45, 2.75) is 0 Å². The van der Waals surface area contributed by atoms with E-state index in [4.69, 9.17) is 5.73 Å². The highest BCUT2D eigenvalue weighted by Crippen LogP contribution is 2.09. The Balaban J connectivity index is 0.000000184. The number of hydrogen-bond acceptors (Lipinski definition) is 1. The van der Waals surface area contributed by atoms with E-state index < -0.39 is 0 Å². The molecule has 0 aliphatic carbocycles. The number of rotatable bonds is 1. The summed E-state index contributed by atoms with van der Waals surface area (Å²) in [7, 11) is 0. The van der Waals surface area contributed by atoms with Gasteiger partial charge in [0.15, 0.2) is 0 Å². The Bertz CT molecular complexity index is 333. The van der Waals surface area contributed by atoms with Gasteiger partial charge < -0.3 is 10.7 Å². The molecule has 2 heteroatoms. The zero-order chi connectivity index (χ0) is 9.52. The minimum absolute atomic E-state index is 0.583. The second kappa shape index (κ2) is 5.17. The summed E-state index contributed by atoms with van der Waals surface area (Å²) in [6.45, 7) is 3.94. The molecule has 0 radical (unpaired) electrons. The topological polar surface area (TPSA) is 41.8 Å². The first-order valence-corrected chi connectivity index (χ1v) is 4.21. The lowest BCUT2D eigenvalue weighted by molar-refractivity contribution is 1.26. The quantitative estimate of drug-likeness (QED) is 0.640. The van der Waals surface area contributed by atoms with Gasteiger partial charge in [-0.15, -0.1) is 6.58 Å². The Morgan fingerprint density at radius 1 is 1.31 bits per heavy atom. The fourth-order valence-corrected chi connectivity index (χ4v) is 0.995. The number of H-pyrrole nitrogens is 1. The molecule has 0 aliphatic heterocycles. The van der Waals surface area contributed by atoms with Gasteiger partial charge in [0.05, 0.1) is 0 Å². The number of aromatic amines is 1. The van der Waals surface area contributed by atoms with Crippen molar-refractivity contribution in [1.29, 1.82) is 0 Å². The van der Waals surface area contributed by atoms with E-state index >= 15 is 0 Å². The molecule has 0 unspecified atom stereocenters. The van der Waals surface area contributed by atoms with Crippen LogP contribution in [0.4, 0.5) is 0 Å². The molecule has 3 N–H and O–H groups in total. The van der Waals surface area contributed by atoms with E-state index in [2.05, 4.69) is 29.8 Å². The Kier molecular flexibility index (Phi) is 3.79. The van der Waals surface area contributed by atoms with E-state index in [0.29, 0.717) is 6.54 Å².